The summed E-state index contributed by atoms with van der Waals surface area (Å²) in [5.74, 6) is -0.265. The number of carbonyl (C=O) groups is 1. The van der Waals surface area contributed by atoms with E-state index in [9.17, 15) is 4.79 Å². The summed E-state index contributed by atoms with van der Waals surface area (Å²) in [6, 6.07) is 0. The minimum absolute atomic E-state index is 0.00968. The SMILES string of the molecule is C/C=C/C(=O)OC(C)(C)C(C)(C)CC. The van der Waals surface area contributed by atoms with Gasteiger partial charge in [-0.05, 0) is 27.2 Å². The second-order valence-electron chi connectivity index (χ2n) is 4.67. The van der Waals surface area contributed by atoms with E-state index in [-0.39, 0.29) is 11.4 Å². The van der Waals surface area contributed by atoms with E-state index in [1.807, 2.05) is 13.8 Å². The maximum atomic E-state index is 11.3. The quantitative estimate of drug-likeness (QED) is 0.511. The zero-order chi connectivity index (χ0) is 11.4. The van der Waals surface area contributed by atoms with Crippen molar-refractivity contribution in [2.45, 2.75) is 53.6 Å². The third-order valence-electron chi connectivity index (χ3n) is 3.17. The molecule has 0 aromatic carbocycles. The molecule has 14 heavy (non-hydrogen) atoms. The normalized spacial score (nSPS) is 13.3. The van der Waals surface area contributed by atoms with E-state index in [1.54, 1.807) is 13.0 Å². The molecule has 0 rings (SSSR count). The monoisotopic (exact) mass is 198 g/mol. The second-order valence-corrected chi connectivity index (χ2v) is 4.67. The molecule has 2 heteroatoms. The third-order valence-corrected chi connectivity index (χ3v) is 3.17. The van der Waals surface area contributed by atoms with E-state index in [4.69, 9.17) is 4.74 Å². The number of hydrogen-bond donors (Lipinski definition) is 0. The predicted octanol–water partition coefficient (Wildman–Crippen LogP) is 3.32. The van der Waals surface area contributed by atoms with Crippen molar-refractivity contribution in [3.63, 3.8) is 0 Å². The Labute approximate surface area is 87.3 Å². The van der Waals surface area contributed by atoms with Gasteiger partial charge in [-0.15, -0.1) is 0 Å². The first kappa shape index (κ1) is 13.2. The number of allylic oxidation sites excluding steroid dienone is 1. The lowest BCUT2D eigenvalue weighted by Gasteiger charge is -2.40. The zero-order valence-corrected chi connectivity index (χ0v) is 10.2. The molecular weight excluding hydrogens is 176 g/mol. The van der Waals surface area contributed by atoms with Crippen LogP contribution in [0.2, 0.25) is 0 Å². The van der Waals surface area contributed by atoms with Crippen LogP contribution in [0.15, 0.2) is 12.2 Å². The first-order chi connectivity index (χ1) is 6.27. The number of carbonyl (C=O) groups excluding carboxylic acids is 1. The van der Waals surface area contributed by atoms with E-state index in [2.05, 4.69) is 20.8 Å². The fraction of sp³-hybridized carbons (Fsp3) is 0.750. The predicted molar refractivity (Wildman–Crippen MR) is 59.1 cm³/mol. The second kappa shape index (κ2) is 4.63. The molecular formula is C12H22O2. The molecule has 0 bridgehead atoms. The molecule has 0 radical (unpaired) electrons. The highest BCUT2D eigenvalue weighted by Gasteiger charge is 2.38. The van der Waals surface area contributed by atoms with Gasteiger partial charge in [0.15, 0.2) is 0 Å². The van der Waals surface area contributed by atoms with Gasteiger partial charge in [0.1, 0.15) is 5.60 Å². The molecule has 0 heterocycles. The summed E-state index contributed by atoms with van der Waals surface area (Å²) in [7, 11) is 0. The molecule has 0 aliphatic carbocycles. The Kier molecular flexibility index (Phi) is 4.37. The molecule has 0 aliphatic heterocycles. The summed E-state index contributed by atoms with van der Waals surface area (Å²) in [6.45, 7) is 12.0. The summed E-state index contributed by atoms with van der Waals surface area (Å²) in [5, 5.41) is 0. The van der Waals surface area contributed by atoms with Crippen molar-refractivity contribution in [1.29, 1.82) is 0 Å². The fourth-order valence-corrected chi connectivity index (χ4v) is 0.985. The molecule has 0 atom stereocenters. The maximum absolute atomic E-state index is 11.3. The zero-order valence-electron chi connectivity index (χ0n) is 10.2. The minimum Gasteiger partial charge on any atom is -0.456 e. The molecule has 2 nitrogen and oxygen atoms in total. The molecule has 0 N–H and O–H groups in total. The van der Waals surface area contributed by atoms with Gasteiger partial charge in [-0.2, -0.15) is 0 Å². The fourth-order valence-electron chi connectivity index (χ4n) is 0.985. The average molecular weight is 198 g/mol. The van der Waals surface area contributed by atoms with Gasteiger partial charge in [0, 0.05) is 11.5 Å². The van der Waals surface area contributed by atoms with Gasteiger partial charge in [0.2, 0.25) is 0 Å². The van der Waals surface area contributed by atoms with Crippen LogP contribution in [0.25, 0.3) is 0 Å². The molecule has 82 valence electrons. The smallest absolute Gasteiger partial charge is 0.330 e. The van der Waals surface area contributed by atoms with Gasteiger partial charge >= 0.3 is 5.97 Å². The van der Waals surface area contributed by atoms with Gasteiger partial charge in [0.25, 0.3) is 0 Å². The van der Waals surface area contributed by atoms with E-state index < -0.39 is 5.60 Å². The number of esters is 1. The standard InChI is InChI=1S/C12H22O2/c1-7-9-10(13)14-12(5,6)11(3,4)8-2/h7,9H,8H2,1-6H3/b9-7+. The molecule has 0 aliphatic rings. The highest BCUT2D eigenvalue weighted by Crippen LogP contribution is 2.36. The van der Waals surface area contributed by atoms with Gasteiger partial charge in [-0.25, -0.2) is 4.79 Å². The molecule has 0 spiro atoms. The number of ether oxygens (including phenoxy) is 1. The lowest BCUT2D eigenvalue weighted by molar-refractivity contribution is -0.162. The molecule has 0 unspecified atom stereocenters. The van der Waals surface area contributed by atoms with Crippen molar-refractivity contribution in [3.05, 3.63) is 12.2 Å². The Morgan fingerprint density at radius 1 is 1.29 bits per heavy atom. The highest BCUT2D eigenvalue weighted by molar-refractivity contribution is 5.82. The molecule has 0 amide bonds. The largest absolute Gasteiger partial charge is 0.456 e. The first-order valence-corrected chi connectivity index (χ1v) is 5.12. The molecule has 0 saturated carbocycles. The topological polar surface area (TPSA) is 26.3 Å². The molecule has 0 aromatic rings. The van der Waals surface area contributed by atoms with Crippen molar-refractivity contribution in [3.8, 4) is 0 Å². The summed E-state index contributed by atoms with van der Waals surface area (Å²) in [6.07, 6.45) is 4.12. The summed E-state index contributed by atoms with van der Waals surface area (Å²) in [4.78, 5) is 11.3. The Hall–Kier alpha value is -0.790. The van der Waals surface area contributed by atoms with Crippen LogP contribution >= 0.6 is 0 Å². The molecule has 0 fully saturated rings. The van der Waals surface area contributed by atoms with E-state index in [0.29, 0.717) is 0 Å². The van der Waals surface area contributed by atoms with Gasteiger partial charge in [0.05, 0.1) is 0 Å². The maximum Gasteiger partial charge on any atom is 0.330 e. The average Bonchev–Trinajstić information content (AvgIpc) is 2.03. The molecule has 0 saturated heterocycles. The van der Waals surface area contributed by atoms with E-state index in [0.717, 1.165) is 6.42 Å². The van der Waals surface area contributed by atoms with E-state index in [1.165, 1.54) is 6.08 Å². The summed E-state index contributed by atoms with van der Waals surface area (Å²) < 4.78 is 5.41. The van der Waals surface area contributed by atoms with Crippen molar-refractivity contribution in [1.82, 2.24) is 0 Å². The first-order valence-electron chi connectivity index (χ1n) is 5.12. The van der Waals surface area contributed by atoms with Crippen LogP contribution in [-0.2, 0) is 9.53 Å². The van der Waals surface area contributed by atoms with Crippen LogP contribution in [0.3, 0.4) is 0 Å². The Morgan fingerprint density at radius 2 is 1.79 bits per heavy atom. The van der Waals surface area contributed by atoms with Crippen molar-refractivity contribution in [2.24, 2.45) is 5.41 Å². The van der Waals surface area contributed by atoms with Gasteiger partial charge < -0.3 is 4.74 Å². The number of hydrogen-bond acceptors (Lipinski definition) is 2. The van der Waals surface area contributed by atoms with Crippen LogP contribution in [0.4, 0.5) is 0 Å². The van der Waals surface area contributed by atoms with Crippen LogP contribution < -0.4 is 0 Å². The van der Waals surface area contributed by atoms with Gasteiger partial charge in [-0.3, -0.25) is 0 Å². The van der Waals surface area contributed by atoms with Crippen molar-refractivity contribution < 1.29 is 9.53 Å². The summed E-state index contributed by atoms with van der Waals surface area (Å²) in [5.41, 5.74) is -0.442. The Balaban J connectivity index is 4.56. The van der Waals surface area contributed by atoms with Crippen LogP contribution in [0.1, 0.15) is 48.0 Å². The van der Waals surface area contributed by atoms with E-state index >= 15 is 0 Å². The van der Waals surface area contributed by atoms with Crippen LogP contribution in [-0.4, -0.2) is 11.6 Å². The lowest BCUT2D eigenvalue weighted by Crippen LogP contribution is -2.42. The lowest BCUT2D eigenvalue weighted by atomic mass is 9.75. The minimum atomic E-state index is -0.432. The van der Waals surface area contributed by atoms with Crippen LogP contribution in [0.5, 0.6) is 0 Å². The Bertz CT molecular complexity index is 224. The van der Waals surface area contributed by atoms with Crippen LogP contribution in [0, 0.1) is 5.41 Å². The van der Waals surface area contributed by atoms with Crippen molar-refractivity contribution in [2.75, 3.05) is 0 Å². The van der Waals surface area contributed by atoms with Gasteiger partial charge in [-0.1, -0.05) is 26.8 Å². The molecule has 0 aromatic heterocycles. The summed E-state index contributed by atoms with van der Waals surface area (Å²) >= 11 is 0. The highest BCUT2D eigenvalue weighted by atomic mass is 16.6. The third kappa shape index (κ3) is 3.17. The van der Waals surface area contributed by atoms with Crippen molar-refractivity contribution >= 4 is 5.97 Å². The Morgan fingerprint density at radius 3 is 2.14 bits per heavy atom. The number of rotatable bonds is 4.